The van der Waals surface area contributed by atoms with Gasteiger partial charge in [-0.25, -0.2) is 4.39 Å². The fourth-order valence-electron chi connectivity index (χ4n) is 2.20. The average molecular weight is 300 g/mol. The van der Waals surface area contributed by atoms with Gasteiger partial charge in [-0.15, -0.1) is 0 Å². The van der Waals surface area contributed by atoms with Crippen LogP contribution < -0.4 is 15.8 Å². The van der Waals surface area contributed by atoms with Gasteiger partial charge in [-0.3, -0.25) is 4.21 Å². The second kappa shape index (κ2) is 6.43. The zero-order valence-electron chi connectivity index (χ0n) is 11.8. The van der Waals surface area contributed by atoms with E-state index in [1.54, 1.807) is 6.07 Å². The van der Waals surface area contributed by atoms with Crippen molar-refractivity contribution < 1.29 is 13.3 Å². The van der Waals surface area contributed by atoms with Crippen molar-refractivity contribution >= 4 is 22.2 Å². The highest BCUT2D eigenvalue weighted by atomic mass is 32.2. The molecule has 0 aliphatic carbocycles. The summed E-state index contributed by atoms with van der Waals surface area (Å²) >= 11 is 0. The molecule has 1 aliphatic rings. The monoisotopic (exact) mass is 300 g/mol. The molecule has 0 spiro atoms. The van der Waals surface area contributed by atoms with E-state index in [1.165, 1.54) is 6.07 Å². The summed E-state index contributed by atoms with van der Waals surface area (Å²) in [6, 6.07) is 3.12. The molecule has 112 valence electrons. The van der Waals surface area contributed by atoms with Crippen molar-refractivity contribution in [2.24, 2.45) is 0 Å². The lowest BCUT2D eigenvalue weighted by Crippen LogP contribution is -2.29. The molecule has 3 N–H and O–H groups in total. The van der Waals surface area contributed by atoms with Crippen LogP contribution in [0.3, 0.4) is 0 Å². The maximum atomic E-state index is 13.7. The van der Waals surface area contributed by atoms with Crippen LogP contribution in [-0.4, -0.2) is 27.9 Å². The highest BCUT2D eigenvalue weighted by molar-refractivity contribution is 7.85. The number of hydrogen-bond donors (Lipinski definition) is 2. The van der Waals surface area contributed by atoms with E-state index in [2.05, 4.69) is 5.32 Å². The summed E-state index contributed by atoms with van der Waals surface area (Å²) < 4.78 is 30.5. The molecule has 1 aromatic rings. The van der Waals surface area contributed by atoms with E-state index in [0.29, 0.717) is 22.9 Å². The van der Waals surface area contributed by atoms with E-state index in [9.17, 15) is 8.60 Å². The summed E-state index contributed by atoms with van der Waals surface area (Å²) in [6.45, 7) is 3.69. The molecule has 1 saturated heterocycles. The van der Waals surface area contributed by atoms with Gasteiger partial charge in [0, 0.05) is 40.5 Å². The van der Waals surface area contributed by atoms with Gasteiger partial charge >= 0.3 is 0 Å². The maximum Gasteiger partial charge on any atom is 0.167 e. The van der Waals surface area contributed by atoms with Gasteiger partial charge in [0.15, 0.2) is 11.6 Å². The predicted octanol–water partition coefficient (Wildman–Crippen LogP) is 2.52. The van der Waals surface area contributed by atoms with Crippen LogP contribution in [0.2, 0.25) is 0 Å². The van der Waals surface area contributed by atoms with Gasteiger partial charge in [0.2, 0.25) is 0 Å². The topological polar surface area (TPSA) is 64.3 Å². The van der Waals surface area contributed by atoms with Gasteiger partial charge in [-0.05, 0) is 26.7 Å². The normalized spacial score (nSPS) is 22.8. The first-order valence-corrected chi connectivity index (χ1v) is 8.31. The molecule has 6 heteroatoms. The van der Waals surface area contributed by atoms with Crippen LogP contribution in [0.15, 0.2) is 12.1 Å². The second-order valence-corrected chi connectivity index (χ2v) is 7.00. The number of ether oxygens (including phenoxy) is 1. The third-order valence-electron chi connectivity index (χ3n) is 3.21. The quantitative estimate of drug-likeness (QED) is 0.839. The Labute approximate surface area is 121 Å². The Balaban J connectivity index is 2.12. The van der Waals surface area contributed by atoms with Gasteiger partial charge < -0.3 is 15.8 Å². The number of benzene rings is 1. The Morgan fingerprint density at radius 1 is 1.40 bits per heavy atom. The Morgan fingerprint density at radius 2 is 2.05 bits per heavy atom. The molecule has 0 aromatic heterocycles. The predicted molar refractivity (Wildman–Crippen MR) is 81.1 cm³/mol. The Kier molecular flexibility index (Phi) is 4.86. The van der Waals surface area contributed by atoms with Crippen molar-refractivity contribution in [3.05, 3.63) is 17.9 Å². The van der Waals surface area contributed by atoms with Crippen LogP contribution in [0.1, 0.15) is 26.7 Å². The molecular formula is C14H21FN2O2S. The third kappa shape index (κ3) is 3.85. The van der Waals surface area contributed by atoms with Crippen molar-refractivity contribution in [1.29, 1.82) is 0 Å². The van der Waals surface area contributed by atoms with Gasteiger partial charge in [0.25, 0.3) is 0 Å². The molecule has 0 radical (unpaired) electrons. The molecule has 1 fully saturated rings. The summed E-state index contributed by atoms with van der Waals surface area (Å²) in [5.41, 5.74) is 6.89. The van der Waals surface area contributed by atoms with Gasteiger partial charge in [-0.2, -0.15) is 0 Å². The van der Waals surface area contributed by atoms with Crippen LogP contribution in [0, 0.1) is 5.82 Å². The molecule has 0 bridgehead atoms. The molecule has 1 aliphatic heterocycles. The highest BCUT2D eigenvalue weighted by Crippen LogP contribution is 2.30. The zero-order valence-corrected chi connectivity index (χ0v) is 12.6. The van der Waals surface area contributed by atoms with E-state index in [1.807, 2.05) is 13.8 Å². The summed E-state index contributed by atoms with van der Waals surface area (Å²) in [7, 11) is -0.696. The first kappa shape index (κ1) is 15.1. The van der Waals surface area contributed by atoms with Crippen LogP contribution in [0.4, 0.5) is 15.8 Å². The van der Waals surface area contributed by atoms with Crippen LogP contribution in [0.25, 0.3) is 0 Å². The molecule has 0 unspecified atom stereocenters. The minimum absolute atomic E-state index is 0.0990. The molecule has 0 amide bonds. The van der Waals surface area contributed by atoms with Crippen LogP contribution in [-0.2, 0) is 10.8 Å². The van der Waals surface area contributed by atoms with Crippen molar-refractivity contribution in [2.45, 2.75) is 38.8 Å². The van der Waals surface area contributed by atoms with Crippen LogP contribution in [0.5, 0.6) is 5.75 Å². The molecule has 1 aromatic carbocycles. The first-order chi connectivity index (χ1) is 9.45. The van der Waals surface area contributed by atoms with Crippen LogP contribution >= 0.6 is 0 Å². The second-order valence-electron chi connectivity index (χ2n) is 5.30. The van der Waals surface area contributed by atoms with Crippen molar-refractivity contribution in [3.8, 4) is 5.75 Å². The maximum absolute atomic E-state index is 13.7. The van der Waals surface area contributed by atoms with E-state index in [0.717, 1.165) is 12.8 Å². The summed E-state index contributed by atoms with van der Waals surface area (Å²) in [5.74, 6) is 1.16. The number of hydrogen-bond acceptors (Lipinski definition) is 4. The van der Waals surface area contributed by atoms with Gasteiger partial charge in [0.1, 0.15) is 0 Å². The standard InChI is InChI=1S/C14H21FN2O2S/c1-9(2)19-14-8-13(12(16)7-11(14)15)17-10-3-5-20(18)6-4-10/h7-10,17H,3-6,16H2,1-2H3. The van der Waals surface area contributed by atoms with E-state index >= 15 is 0 Å². The SMILES string of the molecule is CC(C)Oc1cc(NC2CCS(=O)CC2)c(N)cc1F. The number of nitrogen functional groups attached to an aromatic ring is 1. The minimum Gasteiger partial charge on any atom is -0.488 e. The lowest BCUT2D eigenvalue weighted by Gasteiger charge is -2.25. The number of halogens is 1. The molecular weight excluding hydrogens is 279 g/mol. The van der Waals surface area contributed by atoms with Crippen molar-refractivity contribution in [1.82, 2.24) is 0 Å². The summed E-state index contributed by atoms with van der Waals surface area (Å²) in [6.07, 6.45) is 1.58. The van der Waals surface area contributed by atoms with Crippen molar-refractivity contribution in [3.63, 3.8) is 0 Å². The first-order valence-electron chi connectivity index (χ1n) is 6.83. The lowest BCUT2D eigenvalue weighted by molar-refractivity contribution is 0.231. The fourth-order valence-corrected chi connectivity index (χ4v) is 3.50. The fraction of sp³-hybridized carbons (Fsp3) is 0.571. The van der Waals surface area contributed by atoms with Crippen molar-refractivity contribution in [2.75, 3.05) is 22.6 Å². The Bertz CT molecular complexity index is 498. The largest absolute Gasteiger partial charge is 0.488 e. The lowest BCUT2D eigenvalue weighted by atomic mass is 10.1. The number of rotatable bonds is 4. The molecule has 20 heavy (non-hydrogen) atoms. The van der Waals surface area contributed by atoms with Gasteiger partial charge in [0.05, 0.1) is 17.5 Å². The smallest absolute Gasteiger partial charge is 0.167 e. The summed E-state index contributed by atoms with van der Waals surface area (Å²) in [4.78, 5) is 0. The molecule has 4 nitrogen and oxygen atoms in total. The number of anilines is 2. The zero-order chi connectivity index (χ0) is 14.7. The van der Waals surface area contributed by atoms with Gasteiger partial charge in [-0.1, -0.05) is 0 Å². The Hall–Kier alpha value is -1.30. The summed E-state index contributed by atoms with van der Waals surface area (Å²) in [5, 5.41) is 3.30. The molecule has 2 rings (SSSR count). The minimum atomic E-state index is -0.696. The third-order valence-corrected chi connectivity index (χ3v) is 4.60. The molecule has 1 heterocycles. The number of nitrogens with two attached hydrogens (primary N) is 1. The highest BCUT2D eigenvalue weighted by Gasteiger charge is 2.19. The average Bonchev–Trinajstić information content (AvgIpc) is 2.37. The molecule has 0 saturated carbocycles. The van der Waals surface area contributed by atoms with E-state index < -0.39 is 16.6 Å². The Morgan fingerprint density at radius 3 is 2.65 bits per heavy atom. The molecule has 0 atom stereocenters. The van der Waals surface area contributed by atoms with E-state index in [-0.39, 0.29) is 17.9 Å². The van der Waals surface area contributed by atoms with E-state index in [4.69, 9.17) is 10.5 Å². The number of nitrogens with one attached hydrogen (secondary N) is 1.